The van der Waals surface area contributed by atoms with E-state index in [-0.39, 0.29) is 16.7 Å². The number of anilines is 2. The van der Waals surface area contributed by atoms with Gasteiger partial charge < -0.3 is 5.32 Å². The van der Waals surface area contributed by atoms with Gasteiger partial charge in [0.1, 0.15) is 5.01 Å². The highest BCUT2D eigenvalue weighted by atomic mass is 32.1. The van der Waals surface area contributed by atoms with Crippen molar-refractivity contribution >= 4 is 39.7 Å². The van der Waals surface area contributed by atoms with Gasteiger partial charge in [0.15, 0.2) is 0 Å². The van der Waals surface area contributed by atoms with Crippen molar-refractivity contribution in [3.63, 3.8) is 0 Å². The molecule has 0 aliphatic heterocycles. The second kappa shape index (κ2) is 9.37. The monoisotopic (exact) mass is 459 g/mol. The van der Waals surface area contributed by atoms with E-state index in [1.54, 1.807) is 54.6 Å². The largest absolute Gasteiger partial charge is 0.322 e. The van der Waals surface area contributed by atoms with E-state index in [1.165, 1.54) is 12.1 Å². The van der Waals surface area contributed by atoms with E-state index in [0.29, 0.717) is 27.4 Å². The first kappa shape index (κ1) is 21.8. The van der Waals surface area contributed by atoms with Crippen LogP contribution in [0.15, 0.2) is 72.8 Å². The fraction of sp³-hybridized carbons (Fsp3) is 0.0435. The summed E-state index contributed by atoms with van der Waals surface area (Å²) in [4.78, 5) is 35.4. The van der Waals surface area contributed by atoms with E-state index in [9.17, 15) is 19.7 Å². The summed E-state index contributed by atoms with van der Waals surface area (Å²) in [6, 6.07) is 19.7. The molecule has 0 spiro atoms. The van der Waals surface area contributed by atoms with Gasteiger partial charge in [-0.05, 0) is 49.4 Å². The average molecular weight is 459 g/mol. The van der Waals surface area contributed by atoms with Gasteiger partial charge in [-0.2, -0.15) is 0 Å². The van der Waals surface area contributed by atoms with Crippen molar-refractivity contribution in [1.82, 2.24) is 10.2 Å². The number of nitro benzene ring substituents is 1. The number of hydrogen-bond donors (Lipinski definition) is 2. The van der Waals surface area contributed by atoms with Crippen LogP contribution in [0.25, 0.3) is 10.6 Å². The van der Waals surface area contributed by atoms with Gasteiger partial charge >= 0.3 is 0 Å². The van der Waals surface area contributed by atoms with E-state index >= 15 is 0 Å². The molecule has 0 unspecified atom stereocenters. The normalized spacial score (nSPS) is 10.5. The molecule has 0 aliphatic rings. The minimum absolute atomic E-state index is 0.0221. The highest BCUT2D eigenvalue weighted by Gasteiger charge is 2.14. The molecule has 0 atom stereocenters. The van der Waals surface area contributed by atoms with Gasteiger partial charge in [0, 0.05) is 34.5 Å². The maximum Gasteiger partial charge on any atom is 0.269 e. The van der Waals surface area contributed by atoms with Crippen LogP contribution in [0, 0.1) is 17.0 Å². The van der Waals surface area contributed by atoms with Crippen molar-refractivity contribution in [1.29, 1.82) is 0 Å². The van der Waals surface area contributed by atoms with E-state index < -0.39 is 10.8 Å². The molecule has 0 saturated carbocycles. The summed E-state index contributed by atoms with van der Waals surface area (Å²) in [6.45, 7) is 1.91. The first-order chi connectivity index (χ1) is 15.9. The van der Waals surface area contributed by atoms with Gasteiger partial charge in [0.2, 0.25) is 5.13 Å². The molecule has 0 radical (unpaired) electrons. The van der Waals surface area contributed by atoms with Gasteiger partial charge in [-0.3, -0.25) is 25.0 Å². The summed E-state index contributed by atoms with van der Waals surface area (Å²) >= 11 is 1.14. The number of hydrogen-bond acceptors (Lipinski definition) is 7. The third-order valence-electron chi connectivity index (χ3n) is 4.63. The molecule has 4 aromatic rings. The van der Waals surface area contributed by atoms with E-state index in [0.717, 1.165) is 16.9 Å². The van der Waals surface area contributed by atoms with Crippen LogP contribution in [0.3, 0.4) is 0 Å². The predicted octanol–water partition coefficient (Wildman–Crippen LogP) is 4.93. The summed E-state index contributed by atoms with van der Waals surface area (Å²) < 4.78 is 0. The lowest BCUT2D eigenvalue weighted by molar-refractivity contribution is -0.384. The molecule has 4 rings (SSSR count). The number of amides is 2. The van der Waals surface area contributed by atoms with Crippen molar-refractivity contribution in [2.75, 3.05) is 10.6 Å². The van der Waals surface area contributed by atoms with Crippen molar-refractivity contribution in [2.24, 2.45) is 0 Å². The molecule has 0 aliphatic carbocycles. The summed E-state index contributed by atoms with van der Waals surface area (Å²) in [6.07, 6.45) is 0. The molecule has 0 bridgehead atoms. The zero-order valence-corrected chi connectivity index (χ0v) is 18.1. The number of aryl methyl sites for hydroxylation is 1. The molecule has 10 heteroatoms. The number of rotatable bonds is 6. The summed E-state index contributed by atoms with van der Waals surface area (Å²) in [5.41, 5.74) is 2.95. The fourth-order valence-corrected chi connectivity index (χ4v) is 3.76. The molecule has 164 valence electrons. The van der Waals surface area contributed by atoms with Crippen LogP contribution in [0.1, 0.15) is 26.3 Å². The second-order valence-corrected chi connectivity index (χ2v) is 8.05. The maximum atomic E-state index is 12.7. The number of nitrogens with zero attached hydrogens (tertiary/aromatic N) is 3. The predicted molar refractivity (Wildman–Crippen MR) is 126 cm³/mol. The van der Waals surface area contributed by atoms with Gasteiger partial charge in [0.25, 0.3) is 17.5 Å². The third kappa shape index (κ3) is 5.25. The molecule has 2 amide bonds. The summed E-state index contributed by atoms with van der Waals surface area (Å²) in [5, 5.41) is 25.1. The first-order valence-corrected chi connectivity index (χ1v) is 10.6. The van der Waals surface area contributed by atoms with E-state index in [2.05, 4.69) is 20.8 Å². The number of nitrogens with one attached hydrogen (secondary N) is 2. The second-order valence-electron chi connectivity index (χ2n) is 7.07. The van der Waals surface area contributed by atoms with Gasteiger partial charge in [0.05, 0.1) is 4.92 Å². The van der Waals surface area contributed by atoms with Crippen LogP contribution in [-0.4, -0.2) is 26.9 Å². The van der Waals surface area contributed by atoms with Crippen LogP contribution in [0.5, 0.6) is 0 Å². The van der Waals surface area contributed by atoms with E-state index in [4.69, 9.17) is 0 Å². The number of aromatic nitrogens is 2. The molecular formula is C23H17N5O4S. The number of nitro groups is 1. The third-order valence-corrected chi connectivity index (χ3v) is 5.52. The molecule has 1 heterocycles. The zero-order chi connectivity index (χ0) is 23.4. The molecule has 1 aromatic heterocycles. The highest BCUT2D eigenvalue weighted by Crippen LogP contribution is 2.28. The Kier molecular flexibility index (Phi) is 6.18. The smallest absolute Gasteiger partial charge is 0.269 e. The topological polar surface area (TPSA) is 127 Å². The van der Waals surface area contributed by atoms with Gasteiger partial charge in [-0.15, -0.1) is 10.2 Å². The molecule has 3 aromatic carbocycles. The van der Waals surface area contributed by atoms with Crippen LogP contribution >= 0.6 is 11.3 Å². The van der Waals surface area contributed by atoms with E-state index in [1.807, 2.05) is 13.0 Å². The number of carbonyl (C=O) groups excluding carboxylic acids is 2. The van der Waals surface area contributed by atoms with Crippen LogP contribution in [0.4, 0.5) is 16.5 Å². The Balaban J connectivity index is 1.44. The first-order valence-electron chi connectivity index (χ1n) is 9.77. The standard InChI is InChI=1S/C23H17N5O4S/c1-14-4-2-5-16(12-14)20(29)24-18-7-3-6-17(13-18)21(30)25-23-27-26-22(33-23)15-8-10-19(11-9-15)28(31)32/h2-13H,1H3,(H,24,29)(H,25,27,30). The van der Waals surface area contributed by atoms with Gasteiger partial charge in [-0.1, -0.05) is 35.1 Å². The lowest BCUT2D eigenvalue weighted by atomic mass is 10.1. The number of carbonyl (C=O) groups is 2. The number of benzene rings is 3. The van der Waals surface area contributed by atoms with Crippen LogP contribution in [-0.2, 0) is 0 Å². The van der Waals surface area contributed by atoms with Crippen LogP contribution < -0.4 is 10.6 Å². The summed E-state index contributed by atoms with van der Waals surface area (Å²) in [7, 11) is 0. The average Bonchev–Trinajstić information content (AvgIpc) is 3.27. The lowest BCUT2D eigenvalue weighted by Crippen LogP contribution is -2.14. The minimum atomic E-state index is -0.479. The Morgan fingerprint density at radius 3 is 2.24 bits per heavy atom. The van der Waals surface area contributed by atoms with Crippen molar-refractivity contribution in [2.45, 2.75) is 6.92 Å². The highest BCUT2D eigenvalue weighted by molar-refractivity contribution is 7.18. The molecular weight excluding hydrogens is 442 g/mol. The molecule has 33 heavy (non-hydrogen) atoms. The minimum Gasteiger partial charge on any atom is -0.322 e. The van der Waals surface area contributed by atoms with Gasteiger partial charge in [-0.25, -0.2) is 0 Å². The SMILES string of the molecule is Cc1cccc(C(=O)Nc2cccc(C(=O)Nc3nnc(-c4ccc([N+](=O)[O-])cc4)s3)c2)c1. The Morgan fingerprint density at radius 2 is 1.55 bits per heavy atom. The van der Waals surface area contributed by atoms with Crippen LogP contribution in [0.2, 0.25) is 0 Å². The lowest BCUT2D eigenvalue weighted by Gasteiger charge is -2.08. The summed E-state index contributed by atoms with van der Waals surface area (Å²) in [5.74, 6) is -0.679. The van der Waals surface area contributed by atoms with Crippen molar-refractivity contribution in [3.05, 3.63) is 99.6 Å². The Labute approximate surface area is 192 Å². The Bertz CT molecular complexity index is 1350. The quantitative estimate of drug-likeness (QED) is 0.311. The maximum absolute atomic E-state index is 12.7. The molecule has 9 nitrogen and oxygen atoms in total. The Hall–Kier alpha value is -4.44. The molecule has 0 saturated heterocycles. The zero-order valence-electron chi connectivity index (χ0n) is 17.3. The van der Waals surface area contributed by atoms with Crippen molar-refractivity contribution in [3.8, 4) is 10.6 Å². The Morgan fingerprint density at radius 1 is 0.879 bits per heavy atom. The van der Waals surface area contributed by atoms with Crippen molar-refractivity contribution < 1.29 is 14.5 Å². The molecule has 2 N–H and O–H groups in total. The molecule has 0 fully saturated rings. The fourth-order valence-electron chi connectivity index (χ4n) is 3.01. The number of non-ortho nitro benzene ring substituents is 1.